The Bertz CT molecular complexity index is 1250. The summed E-state index contributed by atoms with van der Waals surface area (Å²) in [6, 6.07) is 13.0. The number of nitrogens with one attached hydrogen (secondary N) is 2. The standard InChI is InChI=1S/C23H23N7O2/c1-15-11-20(30-23(26-15)28-21(29-30)17-6-3-9-24-13-17)27-18-7-2-5-16(12-18)22(31)25-14-19-8-4-10-32-19/h2-3,5-7,9,11-13,19,27H,4,8,10,14H2,1H3,(H,25,31)/t19-/m0/s1. The molecule has 2 N–H and O–H groups in total. The molecule has 0 aliphatic carbocycles. The predicted octanol–water partition coefficient (Wildman–Crippen LogP) is 3.15. The van der Waals surface area contributed by atoms with Gasteiger partial charge in [-0.2, -0.15) is 9.50 Å². The fraction of sp³-hybridized carbons (Fsp3) is 0.261. The number of aromatic nitrogens is 5. The maximum Gasteiger partial charge on any atom is 0.254 e. The van der Waals surface area contributed by atoms with Crippen molar-refractivity contribution >= 4 is 23.2 Å². The molecule has 0 unspecified atom stereocenters. The molecule has 4 aromatic rings. The molecule has 0 spiro atoms. The number of aryl methyl sites for hydroxylation is 1. The number of fused-ring (bicyclic) bond motifs is 1. The number of anilines is 2. The zero-order valence-electron chi connectivity index (χ0n) is 17.7. The minimum Gasteiger partial charge on any atom is -0.376 e. The largest absolute Gasteiger partial charge is 0.376 e. The maximum absolute atomic E-state index is 12.6. The fourth-order valence-corrected chi connectivity index (χ4v) is 3.69. The zero-order valence-corrected chi connectivity index (χ0v) is 17.7. The summed E-state index contributed by atoms with van der Waals surface area (Å²) in [5, 5.41) is 10.9. The van der Waals surface area contributed by atoms with Gasteiger partial charge in [0, 0.05) is 54.1 Å². The van der Waals surface area contributed by atoms with Gasteiger partial charge in [-0.3, -0.25) is 9.78 Å². The van der Waals surface area contributed by atoms with Crippen LogP contribution in [0, 0.1) is 6.92 Å². The van der Waals surface area contributed by atoms with Gasteiger partial charge in [0.25, 0.3) is 11.7 Å². The highest BCUT2D eigenvalue weighted by molar-refractivity contribution is 5.95. The Morgan fingerprint density at radius 2 is 2.16 bits per heavy atom. The van der Waals surface area contributed by atoms with E-state index < -0.39 is 0 Å². The second-order valence-electron chi connectivity index (χ2n) is 7.72. The summed E-state index contributed by atoms with van der Waals surface area (Å²) < 4.78 is 7.23. The number of rotatable bonds is 6. The quantitative estimate of drug-likeness (QED) is 0.485. The van der Waals surface area contributed by atoms with Crippen molar-refractivity contribution < 1.29 is 9.53 Å². The van der Waals surface area contributed by atoms with Crippen molar-refractivity contribution in [3.8, 4) is 11.4 Å². The third-order valence-electron chi connectivity index (χ3n) is 5.27. The van der Waals surface area contributed by atoms with Gasteiger partial charge in [0.1, 0.15) is 5.82 Å². The summed E-state index contributed by atoms with van der Waals surface area (Å²) in [6.07, 6.45) is 5.56. The highest BCUT2D eigenvalue weighted by Gasteiger charge is 2.17. The summed E-state index contributed by atoms with van der Waals surface area (Å²) in [5.74, 6) is 1.60. The molecule has 1 atom stereocenters. The minimum absolute atomic E-state index is 0.106. The van der Waals surface area contributed by atoms with Gasteiger partial charge < -0.3 is 15.4 Å². The Kier molecular flexibility index (Phi) is 5.47. The molecule has 0 radical (unpaired) electrons. The Labute approximate surface area is 184 Å². The van der Waals surface area contributed by atoms with Crippen LogP contribution in [0.15, 0.2) is 54.9 Å². The van der Waals surface area contributed by atoms with Crippen LogP contribution in [0.4, 0.5) is 11.5 Å². The summed E-state index contributed by atoms with van der Waals surface area (Å²) in [5.41, 5.74) is 2.95. The first-order chi connectivity index (χ1) is 15.7. The van der Waals surface area contributed by atoms with Crippen LogP contribution in [0.1, 0.15) is 28.9 Å². The first-order valence-electron chi connectivity index (χ1n) is 10.6. The Balaban J connectivity index is 1.38. The molecule has 32 heavy (non-hydrogen) atoms. The van der Waals surface area contributed by atoms with Gasteiger partial charge in [-0.25, -0.2) is 4.98 Å². The second-order valence-corrected chi connectivity index (χ2v) is 7.72. The third kappa shape index (κ3) is 4.28. The molecule has 9 heteroatoms. The number of benzene rings is 1. The molecule has 1 amide bonds. The molecule has 0 saturated carbocycles. The van der Waals surface area contributed by atoms with Crippen molar-refractivity contribution in [3.05, 3.63) is 66.1 Å². The van der Waals surface area contributed by atoms with Crippen LogP contribution in [0.2, 0.25) is 0 Å². The van der Waals surface area contributed by atoms with Crippen LogP contribution in [-0.4, -0.2) is 49.7 Å². The highest BCUT2D eigenvalue weighted by atomic mass is 16.5. The van der Waals surface area contributed by atoms with Gasteiger partial charge in [0.15, 0.2) is 5.82 Å². The van der Waals surface area contributed by atoms with Crippen molar-refractivity contribution in [2.45, 2.75) is 25.9 Å². The minimum atomic E-state index is -0.125. The van der Waals surface area contributed by atoms with Crippen molar-refractivity contribution in [2.24, 2.45) is 0 Å². The number of hydrogen-bond acceptors (Lipinski definition) is 7. The lowest BCUT2D eigenvalue weighted by Gasteiger charge is -2.12. The van der Waals surface area contributed by atoms with E-state index in [9.17, 15) is 4.79 Å². The van der Waals surface area contributed by atoms with E-state index in [4.69, 9.17) is 4.74 Å². The predicted molar refractivity (Wildman–Crippen MR) is 120 cm³/mol. The van der Waals surface area contributed by atoms with E-state index in [1.54, 1.807) is 23.0 Å². The van der Waals surface area contributed by atoms with Gasteiger partial charge in [-0.15, -0.1) is 5.10 Å². The van der Waals surface area contributed by atoms with Crippen molar-refractivity contribution in [1.82, 2.24) is 29.9 Å². The van der Waals surface area contributed by atoms with E-state index in [1.807, 2.05) is 43.3 Å². The van der Waals surface area contributed by atoms with Gasteiger partial charge in [0.2, 0.25) is 0 Å². The van der Waals surface area contributed by atoms with Crippen molar-refractivity contribution in [3.63, 3.8) is 0 Å². The molecular weight excluding hydrogens is 406 g/mol. The SMILES string of the molecule is Cc1cc(Nc2cccc(C(=O)NC[C@@H]3CCCO3)c2)n2nc(-c3cccnc3)nc2n1. The number of hydrogen-bond donors (Lipinski definition) is 2. The molecule has 1 aliphatic heterocycles. The van der Waals surface area contributed by atoms with E-state index >= 15 is 0 Å². The van der Waals surface area contributed by atoms with E-state index in [1.165, 1.54) is 0 Å². The van der Waals surface area contributed by atoms with E-state index in [2.05, 4.69) is 30.7 Å². The van der Waals surface area contributed by atoms with Gasteiger partial charge >= 0.3 is 0 Å². The number of pyridine rings is 1. The lowest BCUT2D eigenvalue weighted by atomic mass is 10.1. The van der Waals surface area contributed by atoms with E-state index in [-0.39, 0.29) is 12.0 Å². The summed E-state index contributed by atoms with van der Waals surface area (Å²) in [7, 11) is 0. The highest BCUT2D eigenvalue weighted by Crippen LogP contribution is 2.22. The Morgan fingerprint density at radius 1 is 1.22 bits per heavy atom. The molecule has 162 valence electrons. The van der Waals surface area contributed by atoms with Crippen LogP contribution in [0.3, 0.4) is 0 Å². The Morgan fingerprint density at radius 3 is 2.97 bits per heavy atom. The molecule has 1 fully saturated rings. The van der Waals surface area contributed by atoms with Gasteiger partial charge in [0.05, 0.1) is 6.10 Å². The third-order valence-corrected chi connectivity index (χ3v) is 5.27. The average molecular weight is 429 g/mol. The Hall–Kier alpha value is -3.85. The summed E-state index contributed by atoms with van der Waals surface area (Å²) in [6.45, 7) is 3.19. The van der Waals surface area contributed by atoms with Gasteiger partial charge in [-0.05, 0) is 50.1 Å². The van der Waals surface area contributed by atoms with Crippen LogP contribution < -0.4 is 10.6 Å². The molecule has 3 aromatic heterocycles. The van der Waals surface area contributed by atoms with Crippen LogP contribution in [0.5, 0.6) is 0 Å². The lowest BCUT2D eigenvalue weighted by molar-refractivity contribution is 0.0858. The fourth-order valence-electron chi connectivity index (χ4n) is 3.69. The smallest absolute Gasteiger partial charge is 0.254 e. The molecule has 1 aliphatic rings. The number of amides is 1. The van der Waals surface area contributed by atoms with E-state index in [0.717, 1.165) is 36.4 Å². The molecule has 0 bridgehead atoms. The van der Waals surface area contributed by atoms with Crippen LogP contribution in [-0.2, 0) is 4.74 Å². The average Bonchev–Trinajstić information content (AvgIpc) is 3.48. The van der Waals surface area contributed by atoms with E-state index in [0.29, 0.717) is 29.5 Å². The first-order valence-corrected chi connectivity index (χ1v) is 10.6. The lowest BCUT2D eigenvalue weighted by Crippen LogP contribution is -2.31. The van der Waals surface area contributed by atoms with Crippen molar-refractivity contribution in [1.29, 1.82) is 0 Å². The summed E-state index contributed by atoms with van der Waals surface area (Å²) >= 11 is 0. The molecular formula is C23H23N7O2. The number of carbonyl (C=O) groups is 1. The van der Waals surface area contributed by atoms with Crippen LogP contribution in [0.25, 0.3) is 17.2 Å². The van der Waals surface area contributed by atoms with Crippen LogP contribution >= 0.6 is 0 Å². The maximum atomic E-state index is 12.6. The normalized spacial score (nSPS) is 15.7. The molecule has 9 nitrogen and oxygen atoms in total. The number of nitrogens with zero attached hydrogens (tertiary/aromatic N) is 5. The molecule has 1 saturated heterocycles. The second kappa shape index (κ2) is 8.72. The number of carbonyl (C=O) groups excluding carboxylic acids is 1. The zero-order chi connectivity index (χ0) is 21.9. The molecule has 4 heterocycles. The number of ether oxygens (including phenoxy) is 1. The molecule has 5 rings (SSSR count). The van der Waals surface area contributed by atoms with Gasteiger partial charge in [-0.1, -0.05) is 6.07 Å². The first kappa shape index (κ1) is 20.1. The topological polar surface area (TPSA) is 106 Å². The van der Waals surface area contributed by atoms with Crippen molar-refractivity contribution in [2.75, 3.05) is 18.5 Å². The summed E-state index contributed by atoms with van der Waals surface area (Å²) in [4.78, 5) is 25.8. The molecule has 1 aromatic carbocycles. The monoisotopic (exact) mass is 429 g/mol.